The molecule has 1 aromatic carbocycles. The average molecular weight is 411 g/mol. The fraction of sp³-hybridized carbons (Fsp3) is 0.381. The van der Waals surface area contributed by atoms with Crippen LogP contribution in [0, 0.1) is 0 Å². The lowest BCUT2D eigenvalue weighted by Gasteiger charge is -2.28. The van der Waals surface area contributed by atoms with Gasteiger partial charge in [0.05, 0.1) is 32.6 Å². The minimum atomic E-state index is -0.613. The van der Waals surface area contributed by atoms with E-state index < -0.39 is 6.10 Å². The first-order valence-corrected chi connectivity index (χ1v) is 9.77. The summed E-state index contributed by atoms with van der Waals surface area (Å²) in [5, 5.41) is 14.4. The molecule has 0 aliphatic carbocycles. The maximum atomic E-state index is 9.67. The number of morpholine rings is 1. The first kappa shape index (κ1) is 20.3. The molecule has 2 aromatic heterocycles. The first-order chi connectivity index (χ1) is 14.7. The van der Waals surface area contributed by atoms with Gasteiger partial charge in [0.2, 0.25) is 0 Å². The number of aromatic nitrogens is 4. The molecule has 0 spiro atoms. The predicted octanol–water partition coefficient (Wildman–Crippen LogP) is 1.85. The molecule has 0 amide bonds. The molecule has 158 valence electrons. The Hall–Kier alpha value is -3.01. The minimum Gasteiger partial charge on any atom is -0.497 e. The third kappa shape index (κ3) is 4.28. The van der Waals surface area contributed by atoms with Gasteiger partial charge in [0.1, 0.15) is 17.7 Å². The van der Waals surface area contributed by atoms with Crippen LogP contribution in [0.2, 0.25) is 0 Å². The van der Waals surface area contributed by atoms with Crippen LogP contribution < -0.4 is 9.64 Å². The molecule has 30 heavy (non-hydrogen) atoms. The van der Waals surface area contributed by atoms with E-state index in [0.29, 0.717) is 24.9 Å². The summed E-state index contributed by atoms with van der Waals surface area (Å²) >= 11 is 0. The van der Waals surface area contributed by atoms with Crippen molar-refractivity contribution in [3.8, 4) is 22.8 Å². The molecule has 1 aliphatic heterocycles. The van der Waals surface area contributed by atoms with Crippen LogP contribution in [0.5, 0.6) is 5.75 Å². The molecule has 1 saturated heterocycles. The topological polar surface area (TPSA) is 94.8 Å². The van der Waals surface area contributed by atoms with Gasteiger partial charge in [-0.05, 0) is 18.2 Å². The van der Waals surface area contributed by atoms with Crippen molar-refractivity contribution in [2.75, 3.05) is 52.0 Å². The molecule has 9 heteroatoms. The number of hydrogen-bond donors (Lipinski definition) is 1. The van der Waals surface area contributed by atoms with E-state index in [9.17, 15) is 5.11 Å². The maximum absolute atomic E-state index is 9.67. The van der Waals surface area contributed by atoms with Gasteiger partial charge in [-0.15, -0.1) is 0 Å². The van der Waals surface area contributed by atoms with Crippen LogP contribution in [0.1, 0.15) is 11.9 Å². The lowest BCUT2D eigenvalue weighted by molar-refractivity contribution is 0.0422. The van der Waals surface area contributed by atoms with Crippen LogP contribution >= 0.6 is 0 Å². The van der Waals surface area contributed by atoms with Crippen LogP contribution in [0.4, 0.5) is 5.82 Å². The molecular weight excluding hydrogens is 386 g/mol. The highest BCUT2D eigenvalue weighted by Crippen LogP contribution is 2.25. The zero-order chi connectivity index (χ0) is 20.9. The Balaban J connectivity index is 1.72. The number of ether oxygens (including phenoxy) is 3. The quantitative estimate of drug-likeness (QED) is 0.630. The Morgan fingerprint density at radius 1 is 1.10 bits per heavy atom. The molecule has 0 unspecified atom stereocenters. The van der Waals surface area contributed by atoms with Gasteiger partial charge in [0.25, 0.3) is 0 Å². The summed E-state index contributed by atoms with van der Waals surface area (Å²) in [4.78, 5) is 11.4. The van der Waals surface area contributed by atoms with E-state index in [2.05, 4.69) is 20.0 Å². The Labute approximate surface area is 174 Å². The molecular formula is C21H25N5O4. The van der Waals surface area contributed by atoms with E-state index >= 15 is 0 Å². The number of benzene rings is 1. The summed E-state index contributed by atoms with van der Waals surface area (Å²) in [7, 11) is 3.17. The van der Waals surface area contributed by atoms with Crippen molar-refractivity contribution in [2.45, 2.75) is 6.10 Å². The van der Waals surface area contributed by atoms with E-state index in [1.165, 1.54) is 7.11 Å². The van der Waals surface area contributed by atoms with Gasteiger partial charge in [-0.1, -0.05) is 12.1 Å². The number of methoxy groups -OCH3 is 2. The van der Waals surface area contributed by atoms with Gasteiger partial charge in [-0.3, -0.25) is 0 Å². The maximum Gasteiger partial charge on any atom is 0.164 e. The van der Waals surface area contributed by atoms with E-state index in [-0.39, 0.29) is 6.61 Å². The highest BCUT2D eigenvalue weighted by molar-refractivity contribution is 5.61. The second-order valence-electron chi connectivity index (χ2n) is 6.83. The number of aliphatic hydroxyl groups excluding tert-OH is 1. The summed E-state index contributed by atoms with van der Waals surface area (Å²) in [6.45, 7) is 2.55. The summed E-state index contributed by atoms with van der Waals surface area (Å²) < 4.78 is 17.8. The van der Waals surface area contributed by atoms with Crippen molar-refractivity contribution in [3.05, 3.63) is 48.4 Å². The van der Waals surface area contributed by atoms with Crippen LogP contribution in [0.25, 0.3) is 17.1 Å². The predicted molar refractivity (Wildman–Crippen MR) is 111 cm³/mol. The molecule has 1 N–H and O–H groups in total. The molecule has 0 saturated carbocycles. The number of rotatable bonds is 7. The highest BCUT2D eigenvalue weighted by atomic mass is 16.5. The fourth-order valence-corrected chi connectivity index (χ4v) is 3.31. The van der Waals surface area contributed by atoms with Crippen molar-refractivity contribution in [1.29, 1.82) is 0 Å². The van der Waals surface area contributed by atoms with E-state index in [0.717, 1.165) is 35.9 Å². The fourth-order valence-electron chi connectivity index (χ4n) is 3.31. The van der Waals surface area contributed by atoms with Gasteiger partial charge in [-0.2, -0.15) is 5.10 Å². The van der Waals surface area contributed by atoms with Crippen LogP contribution in [-0.4, -0.2) is 72.0 Å². The van der Waals surface area contributed by atoms with Gasteiger partial charge in [0, 0.05) is 38.0 Å². The lowest BCUT2D eigenvalue weighted by Crippen LogP contribution is -2.37. The molecule has 4 rings (SSSR count). The number of hydrogen-bond acceptors (Lipinski definition) is 8. The summed E-state index contributed by atoms with van der Waals surface area (Å²) in [5.74, 6) is 2.54. The monoisotopic (exact) mass is 411 g/mol. The van der Waals surface area contributed by atoms with Crippen LogP contribution in [0.3, 0.4) is 0 Å². The molecule has 9 nitrogen and oxygen atoms in total. The van der Waals surface area contributed by atoms with Crippen molar-refractivity contribution in [2.24, 2.45) is 0 Å². The Morgan fingerprint density at radius 3 is 2.63 bits per heavy atom. The third-order valence-electron chi connectivity index (χ3n) is 4.98. The largest absolute Gasteiger partial charge is 0.497 e. The van der Waals surface area contributed by atoms with E-state index in [1.807, 2.05) is 42.6 Å². The third-order valence-corrected chi connectivity index (χ3v) is 4.98. The van der Waals surface area contributed by atoms with Crippen molar-refractivity contribution < 1.29 is 19.3 Å². The first-order valence-electron chi connectivity index (χ1n) is 9.77. The molecule has 0 bridgehead atoms. The zero-order valence-corrected chi connectivity index (χ0v) is 17.1. The number of aliphatic hydroxyl groups is 1. The zero-order valence-electron chi connectivity index (χ0n) is 17.1. The van der Waals surface area contributed by atoms with Crippen LogP contribution in [-0.2, 0) is 9.47 Å². The molecule has 0 radical (unpaired) electrons. The van der Waals surface area contributed by atoms with Gasteiger partial charge in [0.15, 0.2) is 11.6 Å². The minimum absolute atomic E-state index is 0.212. The molecule has 1 atom stereocenters. The van der Waals surface area contributed by atoms with Crippen molar-refractivity contribution in [3.63, 3.8) is 0 Å². The average Bonchev–Trinajstić information content (AvgIpc) is 3.31. The summed E-state index contributed by atoms with van der Waals surface area (Å²) in [5.41, 5.74) is 1.74. The highest BCUT2D eigenvalue weighted by Gasteiger charge is 2.20. The smallest absolute Gasteiger partial charge is 0.164 e. The molecule has 3 heterocycles. The van der Waals surface area contributed by atoms with Crippen molar-refractivity contribution >= 4 is 5.82 Å². The Morgan fingerprint density at radius 2 is 1.90 bits per heavy atom. The summed E-state index contributed by atoms with van der Waals surface area (Å²) in [6, 6.07) is 11.5. The van der Waals surface area contributed by atoms with Crippen molar-refractivity contribution in [1.82, 2.24) is 19.7 Å². The molecule has 1 fully saturated rings. The van der Waals surface area contributed by atoms with Gasteiger partial charge in [-0.25, -0.2) is 14.6 Å². The number of nitrogens with zero attached hydrogens (tertiary/aromatic N) is 5. The van der Waals surface area contributed by atoms with Gasteiger partial charge < -0.3 is 24.2 Å². The normalized spacial score (nSPS) is 15.2. The van der Waals surface area contributed by atoms with Crippen LogP contribution in [0.15, 0.2) is 42.6 Å². The SMILES string of the molecule is COc1cccc(-c2ccn(-c3cc(N4CCOCC4)nc([C@@H](CO)OC)n3)n2)c1. The molecule has 1 aliphatic rings. The van der Waals surface area contributed by atoms with Gasteiger partial charge >= 0.3 is 0 Å². The Bertz CT molecular complexity index is 983. The Kier molecular flexibility index (Phi) is 6.22. The van der Waals surface area contributed by atoms with E-state index in [4.69, 9.17) is 14.2 Å². The number of anilines is 1. The molecule has 3 aromatic rings. The van der Waals surface area contributed by atoms with E-state index in [1.54, 1.807) is 11.8 Å². The summed E-state index contributed by atoms with van der Waals surface area (Å²) in [6.07, 6.45) is 1.24. The second-order valence-corrected chi connectivity index (χ2v) is 6.83. The lowest BCUT2D eigenvalue weighted by atomic mass is 10.1. The second kappa shape index (κ2) is 9.21. The standard InChI is InChI=1S/C21H25N5O4/c1-28-16-5-3-4-15(12-16)17-6-7-26(24-17)20-13-19(25-8-10-30-11-9-25)22-21(23-20)18(14-27)29-2/h3-7,12-13,18,27H,8-11,14H2,1-2H3/t18-/m1/s1.